The highest BCUT2D eigenvalue weighted by Crippen LogP contribution is 2.13. The molecule has 0 aliphatic heterocycles. The molecule has 0 fully saturated rings. The van der Waals surface area contributed by atoms with Crippen molar-refractivity contribution in [1.82, 2.24) is 0 Å². The molecule has 3 heteroatoms. The molecule has 0 rings (SSSR count). The molecular formula is C9H17NOS. The molecule has 1 N–H and O–H groups in total. The summed E-state index contributed by atoms with van der Waals surface area (Å²) in [5.41, 5.74) is -0.554. The molecule has 0 aromatic rings. The molecule has 12 heavy (non-hydrogen) atoms. The monoisotopic (exact) mass is 187 g/mol. The van der Waals surface area contributed by atoms with Crippen LogP contribution in [0.3, 0.4) is 0 Å². The zero-order valence-electron chi connectivity index (χ0n) is 8.00. The van der Waals surface area contributed by atoms with Crippen molar-refractivity contribution in [3.05, 3.63) is 0 Å². The van der Waals surface area contributed by atoms with E-state index in [0.29, 0.717) is 0 Å². The fraction of sp³-hybridized carbons (Fsp3) is 0.889. The molecule has 0 bridgehead atoms. The van der Waals surface area contributed by atoms with Gasteiger partial charge in [0.15, 0.2) is 0 Å². The summed E-state index contributed by atoms with van der Waals surface area (Å²) >= 11 is 4.49. The molecule has 1 atom stereocenters. The van der Waals surface area contributed by atoms with Crippen molar-refractivity contribution >= 4 is 17.4 Å². The van der Waals surface area contributed by atoms with Crippen molar-refractivity contribution in [3.8, 4) is 0 Å². The Morgan fingerprint density at radius 2 is 2.17 bits per heavy atom. The van der Waals surface area contributed by atoms with Crippen LogP contribution in [0.15, 0.2) is 4.99 Å². The van der Waals surface area contributed by atoms with E-state index in [1.807, 2.05) is 20.8 Å². The molecule has 0 saturated heterocycles. The molecule has 0 heterocycles. The SMILES string of the molecule is CC(CCCC(C)(C)O)N=C=S. The van der Waals surface area contributed by atoms with Gasteiger partial charge in [-0.05, 0) is 52.3 Å². The third-order valence-electron chi connectivity index (χ3n) is 1.68. The highest BCUT2D eigenvalue weighted by molar-refractivity contribution is 7.78. The molecular weight excluding hydrogens is 170 g/mol. The average Bonchev–Trinajstić information content (AvgIpc) is 1.84. The normalized spacial score (nSPS) is 13.7. The van der Waals surface area contributed by atoms with Gasteiger partial charge in [0.25, 0.3) is 0 Å². The number of isothiocyanates is 1. The molecule has 1 unspecified atom stereocenters. The van der Waals surface area contributed by atoms with Gasteiger partial charge in [-0.2, -0.15) is 0 Å². The lowest BCUT2D eigenvalue weighted by molar-refractivity contribution is 0.0679. The predicted octanol–water partition coefficient (Wildman–Crippen LogP) is 2.42. The van der Waals surface area contributed by atoms with E-state index in [0.717, 1.165) is 19.3 Å². The van der Waals surface area contributed by atoms with Crippen LogP contribution >= 0.6 is 12.2 Å². The van der Waals surface area contributed by atoms with Crippen LogP contribution in [0.5, 0.6) is 0 Å². The molecule has 0 amide bonds. The van der Waals surface area contributed by atoms with Crippen molar-refractivity contribution < 1.29 is 5.11 Å². The third-order valence-corrected chi connectivity index (χ3v) is 1.79. The van der Waals surface area contributed by atoms with Gasteiger partial charge in [-0.3, -0.25) is 0 Å². The zero-order valence-corrected chi connectivity index (χ0v) is 8.82. The van der Waals surface area contributed by atoms with Gasteiger partial charge in [0, 0.05) is 0 Å². The van der Waals surface area contributed by atoms with Crippen molar-refractivity contribution in [2.45, 2.75) is 51.7 Å². The summed E-state index contributed by atoms with van der Waals surface area (Å²) < 4.78 is 0. The van der Waals surface area contributed by atoms with Crippen LogP contribution in [0.4, 0.5) is 0 Å². The van der Waals surface area contributed by atoms with E-state index >= 15 is 0 Å². The Morgan fingerprint density at radius 3 is 2.58 bits per heavy atom. The number of rotatable bonds is 5. The fourth-order valence-corrected chi connectivity index (χ4v) is 1.16. The smallest absolute Gasteiger partial charge is 0.0591 e. The molecule has 2 nitrogen and oxygen atoms in total. The predicted molar refractivity (Wildman–Crippen MR) is 54.6 cm³/mol. The van der Waals surface area contributed by atoms with Crippen LogP contribution in [0, 0.1) is 0 Å². The van der Waals surface area contributed by atoms with Gasteiger partial charge in [-0.25, -0.2) is 4.99 Å². The lowest BCUT2D eigenvalue weighted by atomic mass is 10.00. The summed E-state index contributed by atoms with van der Waals surface area (Å²) in [6, 6.07) is 0.241. The maximum Gasteiger partial charge on any atom is 0.0591 e. The van der Waals surface area contributed by atoms with E-state index in [9.17, 15) is 5.11 Å². The molecule has 70 valence electrons. The second kappa shape index (κ2) is 5.41. The number of thiocarbonyl (C=S) groups is 1. The minimum Gasteiger partial charge on any atom is -0.390 e. The summed E-state index contributed by atoms with van der Waals surface area (Å²) in [5, 5.41) is 11.8. The highest BCUT2D eigenvalue weighted by Gasteiger charge is 2.11. The van der Waals surface area contributed by atoms with Crippen molar-refractivity contribution in [2.24, 2.45) is 4.99 Å². The Bertz CT molecular complexity index is 168. The second-order valence-corrected chi connectivity index (χ2v) is 3.96. The number of nitrogens with zero attached hydrogens (tertiary/aromatic N) is 1. The van der Waals surface area contributed by atoms with E-state index in [2.05, 4.69) is 22.4 Å². The summed E-state index contributed by atoms with van der Waals surface area (Å²) in [7, 11) is 0. The molecule has 0 spiro atoms. The van der Waals surface area contributed by atoms with Gasteiger partial charge in [0.1, 0.15) is 0 Å². The lowest BCUT2D eigenvalue weighted by Crippen LogP contribution is -2.18. The summed E-state index contributed by atoms with van der Waals surface area (Å²) in [4.78, 5) is 3.93. The maximum atomic E-state index is 9.39. The fourth-order valence-electron chi connectivity index (χ4n) is 0.985. The van der Waals surface area contributed by atoms with E-state index in [1.54, 1.807) is 0 Å². The van der Waals surface area contributed by atoms with Gasteiger partial charge >= 0.3 is 0 Å². The van der Waals surface area contributed by atoms with Crippen molar-refractivity contribution in [3.63, 3.8) is 0 Å². The van der Waals surface area contributed by atoms with Gasteiger partial charge < -0.3 is 5.11 Å². The van der Waals surface area contributed by atoms with Crippen molar-refractivity contribution in [2.75, 3.05) is 0 Å². The number of aliphatic hydroxyl groups is 1. The van der Waals surface area contributed by atoms with Crippen LogP contribution in [-0.2, 0) is 0 Å². The second-order valence-electron chi connectivity index (χ2n) is 3.77. The van der Waals surface area contributed by atoms with Crippen LogP contribution in [-0.4, -0.2) is 21.9 Å². The lowest BCUT2D eigenvalue weighted by Gasteiger charge is -2.16. The molecule has 0 aromatic heterocycles. The minimum atomic E-state index is -0.554. The number of hydrogen-bond acceptors (Lipinski definition) is 3. The van der Waals surface area contributed by atoms with E-state index in [4.69, 9.17) is 0 Å². The third kappa shape index (κ3) is 7.86. The van der Waals surface area contributed by atoms with Gasteiger partial charge in [0.2, 0.25) is 0 Å². The Labute approximate surface area is 79.7 Å². The molecule has 0 aliphatic rings. The maximum absolute atomic E-state index is 9.39. The number of hydrogen-bond donors (Lipinski definition) is 1. The largest absolute Gasteiger partial charge is 0.390 e. The molecule has 0 aromatic carbocycles. The summed E-state index contributed by atoms with van der Waals surface area (Å²) in [5.74, 6) is 0. The standard InChI is InChI=1S/C9H17NOS/c1-8(10-7-12)5-4-6-9(2,3)11/h8,11H,4-6H2,1-3H3. The number of aliphatic imine (C=N–C) groups is 1. The van der Waals surface area contributed by atoms with E-state index in [1.165, 1.54) is 0 Å². The Balaban J connectivity index is 3.50. The van der Waals surface area contributed by atoms with Crippen LogP contribution < -0.4 is 0 Å². The Hall–Kier alpha value is -0.240. The van der Waals surface area contributed by atoms with Crippen LogP contribution in [0.2, 0.25) is 0 Å². The first kappa shape index (κ1) is 11.8. The average molecular weight is 187 g/mol. The van der Waals surface area contributed by atoms with Gasteiger partial charge in [-0.15, -0.1) is 0 Å². The molecule has 0 saturated carbocycles. The summed E-state index contributed by atoms with van der Waals surface area (Å²) in [6.45, 7) is 5.64. The van der Waals surface area contributed by atoms with Crippen LogP contribution in [0.25, 0.3) is 0 Å². The quantitative estimate of drug-likeness (QED) is 0.529. The van der Waals surface area contributed by atoms with Gasteiger partial charge in [0.05, 0.1) is 16.8 Å². The topological polar surface area (TPSA) is 32.6 Å². The van der Waals surface area contributed by atoms with E-state index in [-0.39, 0.29) is 6.04 Å². The first-order chi connectivity index (χ1) is 5.45. The zero-order chi connectivity index (χ0) is 9.61. The molecule has 0 aliphatic carbocycles. The minimum absolute atomic E-state index is 0.241. The van der Waals surface area contributed by atoms with Crippen molar-refractivity contribution in [1.29, 1.82) is 0 Å². The van der Waals surface area contributed by atoms with Gasteiger partial charge in [-0.1, -0.05) is 0 Å². The Morgan fingerprint density at radius 1 is 1.58 bits per heavy atom. The Kier molecular flexibility index (Phi) is 5.31. The first-order valence-corrected chi connectivity index (χ1v) is 4.66. The van der Waals surface area contributed by atoms with E-state index < -0.39 is 5.60 Å². The highest BCUT2D eigenvalue weighted by atomic mass is 32.1. The first-order valence-electron chi connectivity index (χ1n) is 4.25. The summed E-state index contributed by atoms with van der Waals surface area (Å²) in [6.07, 6.45) is 2.75. The molecule has 0 radical (unpaired) electrons. The van der Waals surface area contributed by atoms with Crippen LogP contribution in [0.1, 0.15) is 40.0 Å².